The summed E-state index contributed by atoms with van der Waals surface area (Å²) in [7, 11) is 1.31. The minimum atomic E-state index is -0.643. The molecule has 0 amide bonds. The summed E-state index contributed by atoms with van der Waals surface area (Å²) in [5, 5.41) is 8.80. The first-order valence-corrected chi connectivity index (χ1v) is 6.18. The Bertz CT molecular complexity index is 408. The number of nitrogens with zero attached hydrogens (tertiary/aromatic N) is 1. The number of carbonyl (C=O) groups excluding carboxylic acids is 1. The predicted molar refractivity (Wildman–Crippen MR) is 68.2 cm³/mol. The first kappa shape index (κ1) is 13.7. The number of rotatable bonds is 5. The molecule has 0 radical (unpaired) electrons. The van der Waals surface area contributed by atoms with Crippen LogP contribution in [0.15, 0.2) is 28.7 Å². The third kappa shape index (κ3) is 4.58. The third-order valence-electron chi connectivity index (χ3n) is 2.51. The van der Waals surface area contributed by atoms with Gasteiger partial charge in [-0.05, 0) is 37.0 Å². The number of aryl methyl sites for hydroxylation is 1. The number of carbonyl (C=O) groups is 1. The fraction of sp³-hybridized carbons (Fsp3) is 0.385. The monoisotopic (exact) mass is 295 g/mol. The van der Waals surface area contributed by atoms with Crippen LogP contribution in [0.4, 0.5) is 0 Å². The van der Waals surface area contributed by atoms with E-state index in [0.29, 0.717) is 6.42 Å². The molecule has 0 fully saturated rings. The van der Waals surface area contributed by atoms with Gasteiger partial charge in [-0.25, -0.2) is 0 Å². The van der Waals surface area contributed by atoms with Crippen molar-refractivity contribution in [2.24, 2.45) is 5.92 Å². The predicted octanol–water partition coefficient (Wildman–Crippen LogP) is 3.08. The molecule has 0 aliphatic heterocycles. The molecule has 1 unspecified atom stereocenters. The number of hydrogen-bond donors (Lipinski definition) is 0. The van der Waals surface area contributed by atoms with E-state index in [1.54, 1.807) is 0 Å². The molecule has 0 N–H and O–H groups in total. The van der Waals surface area contributed by atoms with E-state index in [1.807, 2.05) is 30.3 Å². The van der Waals surface area contributed by atoms with Crippen molar-refractivity contribution in [3.63, 3.8) is 0 Å². The van der Waals surface area contributed by atoms with Gasteiger partial charge in [-0.3, -0.25) is 4.79 Å². The lowest BCUT2D eigenvalue weighted by atomic mass is 10.0. The van der Waals surface area contributed by atoms with Crippen molar-refractivity contribution in [2.45, 2.75) is 19.3 Å². The smallest absolute Gasteiger partial charge is 0.323 e. The maximum absolute atomic E-state index is 11.2. The molecule has 17 heavy (non-hydrogen) atoms. The van der Waals surface area contributed by atoms with Crippen molar-refractivity contribution < 1.29 is 9.53 Å². The van der Waals surface area contributed by atoms with Crippen molar-refractivity contribution >= 4 is 21.9 Å². The van der Waals surface area contributed by atoms with Crippen LogP contribution in [0, 0.1) is 17.2 Å². The van der Waals surface area contributed by atoms with Crippen molar-refractivity contribution in [2.75, 3.05) is 7.11 Å². The molecule has 0 heterocycles. The summed E-state index contributed by atoms with van der Waals surface area (Å²) >= 11 is 3.37. The Balaban J connectivity index is 2.39. The summed E-state index contributed by atoms with van der Waals surface area (Å²) in [5.74, 6) is -1.08. The van der Waals surface area contributed by atoms with Crippen LogP contribution < -0.4 is 0 Å². The largest absolute Gasteiger partial charge is 0.468 e. The molecule has 0 spiro atoms. The van der Waals surface area contributed by atoms with Crippen LogP contribution in [0.25, 0.3) is 0 Å². The average molecular weight is 296 g/mol. The van der Waals surface area contributed by atoms with Crippen molar-refractivity contribution in [1.29, 1.82) is 5.26 Å². The zero-order valence-corrected chi connectivity index (χ0v) is 11.2. The molecule has 0 bridgehead atoms. The second kappa shape index (κ2) is 7.08. The first-order chi connectivity index (χ1) is 8.17. The normalized spacial score (nSPS) is 11.6. The highest BCUT2D eigenvalue weighted by molar-refractivity contribution is 9.10. The van der Waals surface area contributed by atoms with E-state index in [1.165, 1.54) is 12.7 Å². The highest BCUT2D eigenvalue weighted by Gasteiger charge is 2.17. The summed E-state index contributed by atoms with van der Waals surface area (Å²) in [6.45, 7) is 0. The van der Waals surface area contributed by atoms with Gasteiger partial charge in [0, 0.05) is 4.47 Å². The van der Waals surface area contributed by atoms with E-state index in [4.69, 9.17) is 5.26 Å². The molecule has 0 saturated heterocycles. The molecule has 0 aliphatic carbocycles. The Morgan fingerprint density at radius 3 is 2.65 bits per heavy atom. The first-order valence-electron chi connectivity index (χ1n) is 5.39. The Labute approximate surface area is 110 Å². The standard InChI is InChI=1S/C13H14BrNO2/c1-17-13(16)11(9-15)4-2-3-10-5-7-12(14)8-6-10/h5-8,11H,2-4H2,1H3. The topological polar surface area (TPSA) is 50.1 Å². The van der Waals surface area contributed by atoms with Crippen LogP contribution in [0.1, 0.15) is 18.4 Å². The third-order valence-corrected chi connectivity index (χ3v) is 3.04. The molecular formula is C13H14BrNO2. The molecule has 1 aromatic carbocycles. The van der Waals surface area contributed by atoms with Gasteiger partial charge < -0.3 is 4.74 Å². The summed E-state index contributed by atoms with van der Waals surface area (Å²) in [4.78, 5) is 11.2. The Kier molecular flexibility index (Phi) is 5.71. The fourth-order valence-corrected chi connectivity index (χ4v) is 1.80. The van der Waals surface area contributed by atoms with Gasteiger partial charge in [-0.15, -0.1) is 0 Å². The van der Waals surface area contributed by atoms with E-state index in [-0.39, 0.29) is 0 Å². The number of hydrogen-bond acceptors (Lipinski definition) is 3. The molecule has 4 heteroatoms. The SMILES string of the molecule is COC(=O)C(C#N)CCCc1ccc(Br)cc1. The number of esters is 1. The lowest BCUT2D eigenvalue weighted by molar-refractivity contribution is -0.143. The summed E-state index contributed by atoms with van der Waals surface area (Å²) in [6, 6.07) is 10.00. The number of halogens is 1. The zero-order chi connectivity index (χ0) is 12.7. The van der Waals surface area contributed by atoms with Gasteiger partial charge in [0.15, 0.2) is 0 Å². The maximum atomic E-state index is 11.2. The van der Waals surface area contributed by atoms with Crippen LogP contribution in [0.5, 0.6) is 0 Å². The lowest BCUT2D eigenvalue weighted by Gasteiger charge is -2.06. The van der Waals surface area contributed by atoms with Crippen LogP contribution in [-0.4, -0.2) is 13.1 Å². The lowest BCUT2D eigenvalue weighted by Crippen LogP contribution is -2.14. The number of methoxy groups -OCH3 is 1. The molecular weight excluding hydrogens is 282 g/mol. The minimum absolute atomic E-state index is 0.441. The molecule has 1 atom stereocenters. The van der Waals surface area contributed by atoms with E-state index < -0.39 is 11.9 Å². The average Bonchev–Trinajstić information content (AvgIpc) is 2.36. The molecule has 1 aromatic rings. The molecule has 1 rings (SSSR count). The van der Waals surface area contributed by atoms with Crippen molar-refractivity contribution in [3.05, 3.63) is 34.3 Å². The molecule has 0 aliphatic rings. The van der Waals surface area contributed by atoms with Gasteiger partial charge in [0.1, 0.15) is 5.92 Å². The second-order valence-electron chi connectivity index (χ2n) is 3.72. The number of benzene rings is 1. The van der Waals surface area contributed by atoms with Crippen LogP contribution in [0.3, 0.4) is 0 Å². The zero-order valence-electron chi connectivity index (χ0n) is 9.65. The van der Waals surface area contributed by atoms with Crippen LogP contribution in [0.2, 0.25) is 0 Å². The van der Waals surface area contributed by atoms with Gasteiger partial charge in [0.25, 0.3) is 0 Å². The molecule has 0 aromatic heterocycles. The van der Waals surface area contributed by atoms with E-state index >= 15 is 0 Å². The van der Waals surface area contributed by atoms with E-state index in [9.17, 15) is 4.79 Å². The van der Waals surface area contributed by atoms with Gasteiger partial charge in [0.2, 0.25) is 0 Å². The summed E-state index contributed by atoms with van der Waals surface area (Å²) < 4.78 is 5.60. The molecule has 3 nitrogen and oxygen atoms in total. The number of nitriles is 1. The highest BCUT2D eigenvalue weighted by Crippen LogP contribution is 2.14. The van der Waals surface area contributed by atoms with Gasteiger partial charge >= 0.3 is 5.97 Å². The number of ether oxygens (including phenoxy) is 1. The minimum Gasteiger partial charge on any atom is -0.468 e. The fourth-order valence-electron chi connectivity index (χ4n) is 1.54. The van der Waals surface area contributed by atoms with E-state index in [0.717, 1.165) is 17.3 Å². The summed E-state index contributed by atoms with van der Waals surface area (Å²) in [6.07, 6.45) is 2.21. The van der Waals surface area contributed by atoms with Crippen LogP contribution in [-0.2, 0) is 16.0 Å². The highest BCUT2D eigenvalue weighted by atomic mass is 79.9. The molecule has 0 saturated carbocycles. The van der Waals surface area contributed by atoms with Crippen molar-refractivity contribution in [1.82, 2.24) is 0 Å². The summed E-state index contributed by atoms with van der Waals surface area (Å²) in [5.41, 5.74) is 1.20. The quantitative estimate of drug-likeness (QED) is 0.785. The van der Waals surface area contributed by atoms with Gasteiger partial charge in [-0.2, -0.15) is 5.26 Å². The Morgan fingerprint density at radius 2 is 2.12 bits per heavy atom. The van der Waals surface area contributed by atoms with Crippen molar-refractivity contribution in [3.8, 4) is 6.07 Å². The van der Waals surface area contributed by atoms with Crippen LogP contribution >= 0.6 is 15.9 Å². The Morgan fingerprint density at radius 1 is 1.47 bits per heavy atom. The second-order valence-corrected chi connectivity index (χ2v) is 4.64. The maximum Gasteiger partial charge on any atom is 0.323 e. The van der Waals surface area contributed by atoms with E-state index in [2.05, 4.69) is 20.7 Å². The van der Waals surface area contributed by atoms with Gasteiger partial charge in [-0.1, -0.05) is 28.1 Å². The molecule has 90 valence electrons. The van der Waals surface area contributed by atoms with Gasteiger partial charge in [0.05, 0.1) is 13.2 Å². The Hall–Kier alpha value is -1.34.